The lowest BCUT2D eigenvalue weighted by Gasteiger charge is -2.35. The van der Waals surface area contributed by atoms with Gasteiger partial charge in [-0.05, 0) is 69.9 Å². The molecule has 0 spiro atoms. The van der Waals surface area contributed by atoms with Crippen molar-refractivity contribution in [3.05, 3.63) is 23.4 Å². The first-order chi connectivity index (χ1) is 14.8. The van der Waals surface area contributed by atoms with Crippen LogP contribution in [0.2, 0.25) is 0 Å². The van der Waals surface area contributed by atoms with Gasteiger partial charge in [0.15, 0.2) is 0 Å². The Bertz CT molecular complexity index is 764. The minimum Gasteiger partial charge on any atom is -0.480 e. The molecule has 1 saturated carbocycles. The number of nitrogens with zero attached hydrogens (tertiary/aromatic N) is 2. The quantitative estimate of drug-likeness (QED) is 0.525. The van der Waals surface area contributed by atoms with Crippen molar-refractivity contribution in [1.82, 2.24) is 15.2 Å². The van der Waals surface area contributed by atoms with E-state index in [1.807, 2.05) is 13.8 Å². The van der Waals surface area contributed by atoms with Gasteiger partial charge in [0.05, 0.1) is 6.10 Å². The maximum absolute atomic E-state index is 12.1. The predicted molar refractivity (Wildman–Crippen MR) is 119 cm³/mol. The molecule has 1 aliphatic heterocycles. The van der Waals surface area contributed by atoms with E-state index in [0.717, 1.165) is 50.2 Å². The highest BCUT2D eigenvalue weighted by Crippen LogP contribution is 2.34. The van der Waals surface area contributed by atoms with E-state index in [4.69, 9.17) is 9.72 Å². The zero-order chi connectivity index (χ0) is 22.4. The van der Waals surface area contributed by atoms with Crippen LogP contribution in [0.4, 0.5) is 10.6 Å². The molecular formula is C23H36N4O4. The third kappa shape index (κ3) is 6.56. The molecule has 172 valence electrons. The van der Waals surface area contributed by atoms with E-state index in [1.54, 1.807) is 7.05 Å². The largest absolute Gasteiger partial charge is 0.480 e. The summed E-state index contributed by atoms with van der Waals surface area (Å²) in [5, 5.41) is 15.3. The number of hydrogen-bond donors (Lipinski definition) is 3. The summed E-state index contributed by atoms with van der Waals surface area (Å²) in [7, 11) is 1.65. The number of anilines is 1. The van der Waals surface area contributed by atoms with Crippen LogP contribution in [0.3, 0.4) is 0 Å². The number of pyridine rings is 1. The Morgan fingerprint density at radius 2 is 2.13 bits per heavy atom. The van der Waals surface area contributed by atoms with Gasteiger partial charge < -0.3 is 25.4 Å². The second-order valence-electron chi connectivity index (χ2n) is 9.04. The molecule has 1 fully saturated rings. The van der Waals surface area contributed by atoms with Gasteiger partial charge in [0.2, 0.25) is 0 Å². The van der Waals surface area contributed by atoms with E-state index in [1.165, 1.54) is 16.9 Å². The normalized spacial score (nSPS) is 20.9. The van der Waals surface area contributed by atoms with Gasteiger partial charge >= 0.3 is 12.0 Å². The highest BCUT2D eigenvalue weighted by atomic mass is 16.5. The Morgan fingerprint density at radius 3 is 2.84 bits per heavy atom. The molecule has 2 amide bonds. The van der Waals surface area contributed by atoms with Crippen LogP contribution in [0.25, 0.3) is 0 Å². The summed E-state index contributed by atoms with van der Waals surface area (Å²) in [4.78, 5) is 29.8. The number of aryl methyl sites for hydroxylation is 2. The van der Waals surface area contributed by atoms with Crippen LogP contribution >= 0.6 is 0 Å². The van der Waals surface area contributed by atoms with Gasteiger partial charge in [-0.15, -0.1) is 0 Å². The Balaban J connectivity index is 1.32. The molecule has 3 N–H and O–H groups in total. The number of ether oxygens (including phenoxy) is 1. The van der Waals surface area contributed by atoms with E-state index in [9.17, 15) is 14.7 Å². The SMILES string of the molecule is CC(C)N(C)C(=O)NC(CCOC1CC(CCc2ccc3c(n2)NCCC3)C1)C(=O)O. The molecule has 0 radical (unpaired) electrons. The monoisotopic (exact) mass is 432 g/mol. The van der Waals surface area contributed by atoms with Crippen LogP contribution in [0.1, 0.15) is 57.2 Å². The average molecular weight is 433 g/mol. The van der Waals surface area contributed by atoms with E-state index < -0.39 is 12.0 Å². The highest BCUT2D eigenvalue weighted by molar-refractivity contribution is 5.82. The van der Waals surface area contributed by atoms with E-state index in [2.05, 4.69) is 22.8 Å². The number of aromatic nitrogens is 1. The predicted octanol–water partition coefficient (Wildman–Crippen LogP) is 3.06. The number of hydrogen-bond acceptors (Lipinski definition) is 5. The van der Waals surface area contributed by atoms with E-state index in [0.29, 0.717) is 12.5 Å². The maximum Gasteiger partial charge on any atom is 0.326 e. The summed E-state index contributed by atoms with van der Waals surface area (Å²) in [6, 6.07) is 3.04. The van der Waals surface area contributed by atoms with Crippen molar-refractivity contribution in [2.24, 2.45) is 5.92 Å². The molecule has 2 aliphatic rings. The zero-order valence-electron chi connectivity index (χ0n) is 18.9. The van der Waals surface area contributed by atoms with Crippen molar-refractivity contribution in [3.8, 4) is 0 Å². The Labute approximate surface area is 184 Å². The number of amides is 2. The fourth-order valence-corrected chi connectivity index (χ4v) is 4.00. The molecule has 2 heterocycles. The van der Waals surface area contributed by atoms with Crippen LogP contribution in [-0.2, 0) is 22.4 Å². The molecule has 1 unspecified atom stereocenters. The van der Waals surface area contributed by atoms with Gasteiger partial charge in [0, 0.05) is 38.4 Å². The molecular weight excluding hydrogens is 396 g/mol. The van der Waals surface area contributed by atoms with Crippen LogP contribution in [-0.4, -0.2) is 65.4 Å². The molecule has 1 aliphatic carbocycles. The summed E-state index contributed by atoms with van der Waals surface area (Å²) in [6.45, 7) is 5.10. The molecule has 8 heteroatoms. The third-order valence-corrected chi connectivity index (χ3v) is 6.40. The summed E-state index contributed by atoms with van der Waals surface area (Å²) in [5.74, 6) is 0.649. The lowest BCUT2D eigenvalue weighted by Crippen LogP contribution is -2.49. The van der Waals surface area contributed by atoms with Gasteiger partial charge in [-0.25, -0.2) is 14.6 Å². The summed E-state index contributed by atoms with van der Waals surface area (Å²) in [5.41, 5.74) is 2.46. The third-order valence-electron chi connectivity index (χ3n) is 6.40. The Hall–Kier alpha value is -2.35. The van der Waals surface area contributed by atoms with Crippen molar-refractivity contribution in [2.45, 2.75) is 77.0 Å². The molecule has 0 saturated heterocycles. The number of carbonyl (C=O) groups is 2. The minimum atomic E-state index is -1.03. The van der Waals surface area contributed by atoms with Gasteiger partial charge in [-0.2, -0.15) is 0 Å². The van der Waals surface area contributed by atoms with Crippen molar-refractivity contribution in [1.29, 1.82) is 0 Å². The van der Waals surface area contributed by atoms with Crippen LogP contribution < -0.4 is 10.6 Å². The van der Waals surface area contributed by atoms with Crippen molar-refractivity contribution in [2.75, 3.05) is 25.5 Å². The average Bonchev–Trinajstić information content (AvgIpc) is 2.72. The van der Waals surface area contributed by atoms with Crippen molar-refractivity contribution < 1.29 is 19.4 Å². The second-order valence-corrected chi connectivity index (χ2v) is 9.04. The zero-order valence-corrected chi connectivity index (χ0v) is 18.9. The number of urea groups is 1. The first-order valence-corrected chi connectivity index (χ1v) is 11.4. The fraction of sp³-hybridized carbons (Fsp3) is 0.696. The van der Waals surface area contributed by atoms with Crippen LogP contribution in [0, 0.1) is 5.92 Å². The van der Waals surface area contributed by atoms with Crippen LogP contribution in [0.15, 0.2) is 12.1 Å². The number of carboxylic acids is 1. The Kier molecular flexibility index (Phi) is 8.12. The fourth-order valence-electron chi connectivity index (χ4n) is 4.00. The number of carboxylic acid groups (broad SMARTS) is 1. The lowest BCUT2D eigenvalue weighted by molar-refractivity contribution is -0.140. The Morgan fingerprint density at radius 1 is 1.35 bits per heavy atom. The van der Waals surface area contributed by atoms with Gasteiger partial charge in [-0.3, -0.25) is 0 Å². The molecule has 1 aromatic heterocycles. The number of rotatable bonds is 10. The lowest BCUT2D eigenvalue weighted by atomic mass is 9.79. The minimum absolute atomic E-state index is 0.00498. The topological polar surface area (TPSA) is 104 Å². The molecule has 0 bridgehead atoms. The summed E-state index contributed by atoms with van der Waals surface area (Å²) in [6.07, 6.45) is 6.81. The smallest absolute Gasteiger partial charge is 0.326 e. The summed E-state index contributed by atoms with van der Waals surface area (Å²) < 4.78 is 5.85. The van der Waals surface area contributed by atoms with Crippen LogP contribution in [0.5, 0.6) is 0 Å². The summed E-state index contributed by atoms with van der Waals surface area (Å²) >= 11 is 0. The van der Waals surface area contributed by atoms with E-state index >= 15 is 0 Å². The van der Waals surface area contributed by atoms with Crippen molar-refractivity contribution in [3.63, 3.8) is 0 Å². The van der Waals surface area contributed by atoms with E-state index in [-0.39, 0.29) is 24.6 Å². The van der Waals surface area contributed by atoms with Gasteiger partial charge in [0.25, 0.3) is 0 Å². The number of nitrogens with one attached hydrogen (secondary N) is 2. The van der Waals surface area contributed by atoms with Gasteiger partial charge in [-0.1, -0.05) is 6.07 Å². The maximum atomic E-state index is 12.1. The molecule has 8 nitrogen and oxygen atoms in total. The first kappa shape index (κ1) is 23.3. The molecule has 1 aromatic rings. The second kappa shape index (κ2) is 10.8. The molecule has 0 aromatic carbocycles. The molecule has 3 rings (SSSR count). The molecule has 31 heavy (non-hydrogen) atoms. The first-order valence-electron chi connectivity index (χ1n) is 11.4. The number of carbonyl (C=O) groups excluding carboxylic acids is 1. The van der Waals surface area contributed by atoms with Crippen molar-refractivity contribution >= 4 is 17.8 Å². The van der Waals surface area contributed by atoms with Gasteiger partial charge in [0.1, 0.15) is 11.9 Å². The number of aliphatic carboxylic acids is 1. The highest BCUT2D eigenvalue weighted by Gasteiger charge is 2.30. The standard InChI is InChI=1S/C23H36N4O4/c1-15(2)27(3)23(30)26-20(22(28)29)10-12-31-19-13-16(14-19)6-8-18-9-7-17-5-4-11-24-21(17)25-18/h7,9,15-16,19-20H,4-6,8,10-14H2,1-3H3,(H,24,25)(H,26,30)(H,28,29). The number of fused-ring (bicyclic) bond motifs is 1. The molecule has 1 atom stereocenters.